The zero-order valence-electron chi connectivity index (χ0n) is 16.7. The van der Waals surface area contributed by atoms with E-state index in [4.69, 9.17) is 0 Å². The second-order valence-corrected chi connectivity index (χ2v) is 7.85. The number of likely N-dealkylation sites (tertiary alicyclic amines) is 1. The molecule has 154 valence electrons. The molecule has 0 bridgehead atoms. The van der Waals surface area contributed by atoms with Gasteiger partial charge >= 0.3 is 0 Å². The first-order chi connectivity index (χ1) is 13.8. The highest BCUT2D eigenvalue weighted by Crippen LogP contribution is 2.28. The zero-order chi connectivity index (χ0) is 21.0. The maximum absolute atomic E-state index is 13.1. The monoisotopic (exact) mass is 400 g/mol. The molecule has 1 aliphatic heterocycles. The van der Waals surface area contributed by atoms with E-state index >= 15 is 0 Å². The molecule has 2 amide bonds. The molecule has 1 saturated heterocycles. The lowest BCUT2D eigenvalue weighted by atomic mass is 9.89. The molecule has 3 rings (SSSR count). The van der Waals surface area contributed by atoms with Gasteiger partial charge in [-0.25, -0.2) is 8.78 Å². The third-order valence-corrected chi connectivity index (χ3v) is 5.47. The van der Waals surface area contributed by atoms with E-state index in [-0.39, 0.29) is 17.6 Å². The Morgan fingerprint density at radius 2 is 1.45 bits per heavy atom. The normalized spacial score (nSPS) is 16.0. The van der Waals surface area contributed by atoms with E-state index in [0.29, 0.717) is 24.6 Å². The maximum atomic E-state index is 13.1. The number of carbonyl (C=O) groups is 2. The van der Waals surface area contributed by atoms with Crippen molar-refractivity contribution in [3.63, 3.8) is 0 Å². The van der Waals surface area contributed by atoms with Crippen LogP contribution >= 0.6 is 0 Å². The number of hydrogen-bond acceptors (Lipinski definition) is 2. The number of rotatable bonds is 5. The largest absolute Gasteiger partial charge is 0.341 e. The molecule has 4 nitrogen and oxygen atoms in total. The molecule has 0 radical (unpaired) electrons. The standard InChI is InChI=1S/C23H26F2N2O2/c1-15(2)21(26-22(28)18-5-9-20(25)10-6-18)23(29)27-13-11-17(12-14-27)16-3-7-19(24)8-4-16/h3-10,15,17,21H,11-14H2,1-2H3,(H,26,28)/t21-/m1/s1. The Kier molecular flexibility index (Phi) is 6.62. The van der Waals surface area contributed by atoms with Gasteiger partial charge < -0.3 is 10.2 Å². The summed E-state index contributed by atoms with van der Waals surface area (Å²) in [4.78, 5) is 27.3. The summed E-state index contributed by atoms with van der Waals surface area (Å²) in [6.07, 6.45) is 1.60. The molecule has 1 aliphatic rings. The van der Waals surface area contributed by atoms with E-state index in [2.05, 4.69) is 5.32 Å². The first kappa shape index (κ1) is 21.0. The molecule has 0 unspecified atom stereocenters. The molecule has 1 fully saturated rings. The van der Waals surface area contributed by atoms with Crippen molar-refractivity contribution in [2.45, 2.75) is 38.6 Å². The van der Waals surface area contributed by atoms with Crippen LogP contribution in [0.4, 0.5) is 8.78 Å². The van der Waals surface area contributed by atoms with Gasteiger partial charge in [-0.2, -0.15) is 0 Å². The van der Waals surface area contributed by atoms with Crippen LogP contribution < -0.4 is 5.32 Å². The minimum Gasteiger partial charge on any atom is -0.341 e. The van der Waals surface area contributed by atoms with Crippen LogP contribution in [0.3, 0.4) is 0 Å². The summed E-state index contributed by atoms with van der Waals surface area (Å²) in [6.45, 7) is 4.96. The number of amides is 2. The fraction of sp³-hybridized carbons (Fsp3) is 0.391. The van der Waals surface area contributed by atoms with Gasteiger partial charge in [-0.05, 0) is 66.6 Å². The van der Waals surface area contributed by atoms with Crippen LogP contribution in [0.15, 0.2) is 48.5 Å². The first-order valence-electron chi connectivity index (χ1n) is 9.96. The topological polar surface area (TPSA) is 49.4 Å². The second kappa shape index (κ2) is 9.16. The Morgan fingerprint density at radius 1 is 0.931 bits per heavy atom. The molecule has 1 heterocycles. The Bertz CT molecular complexity index is 842. The van der Waals surface area contributed by atoms with Gasteiger partial charge in [0, 0.05) is 18.7 Å². The summed E-state index contributed by atoms with van der Waals surface area (Å²) in [6, 6.07) is 11.1. The van der Waals surface area contributed by atoms with Crippen molar-refractivity contribution < 1.29 is 18.4 Å². The minimum absolute atomic E-state index is 0.0817. The van der Waals surface area contributed by atoms with Gasteiger partial charge in [0.15, 0.2) is 0 Å². The predicted molar refractivity (Wildman–Crippen MR) is 107 cm³/mol. The third-order valence-electron chi connectivity index (χ3n) is 5.47. The molecule has 1 atom stereocenters. The highest BCUT2D eigenvalue weighted by molar-refractivity contribution is 5.97. The Labute approximate surface area is 169 Å². The lowest BCUT2D eigenvalue weighted by Crippen LogP contribution is -2.52. The van der Waals surface area contributed by atoms with Crippen molar-refractivity contribution in [2.24, 2.45) is 5.92 Å². The van der Waals surface area contributed by atoms with E-state index in [0.717, 1.165) is 18.4 Å². The molecular formula is C23H26F2N2O2. The van der Waals surface area contributed by atoms with Crippen LogP contribution in [0, 0.1) is 17.6 Å². The van der Waals surface area contributed by atoms with Crippen LogP contribution in [-0.4, -0.2) is 35.8 Å². The van der Waals surface area contributed by atoms with Crippen molar-refractivity contribution >= 4 is 11.8 Å². The van der Waals surface area contributed by atoms with Crippen molar-refractivity contribution in [1.29, 1.82) is 0 Å². The molecule has 0 saturated carbocycles. The van der Waals surface area contributed by atoms with E-state index < -0.39 is 17.8 Å². The van der Waals surface area contributed by atoms with Gasteiger partial charge in [0.25, 0.3) is 5.91 Å². The average molecular weight is 400 g/mol. The molecule has 2 aromatic carbocycles. The Balaban J connectivity index is 1.61. The highest BCUT2D eigenvalue weighted by Gasteiger charge is 2.31. The Morgan fingerprint density at radius 3 is 1.97 bits per heavy atom. The molecule has 29 heavy (non-hydrogen) atoms. The lowest BCUT2D eigenvalue weighted by Gasteiger charge is -2.35. The van der Waals surface area contributed by atoms with E-state index in [9.17, 15) is 18.4 Å². The molecule has 2 aromatic rings. The van der Waals surface area contributed by atoms with Crippen LogP contribution in [0.1, 0.15) is 48.5 Å². The summed E-state index contributed by atoms with van der Waals surface area (Å²) in [5.41, 5.74) is 1.41. The number of hydrogen-bond donors (Lipinski definition) is 1. The molecule has 6 heteroatoms. The third kappa shape index (κ3) is 5.19. The van der Waals surface area contributed by atoms with E-state index in [1.54, 1.807) is 17.0 Å². The van der Waals surface area contributed by atoms with Gasteiger partial charge in [0.1, 0.15) is 17.7 Å². The Hall–Kier alpha value is -2.76. The molecule has 0 spiro atoms. The fourth-order valence-corrected chi connectivity index (χ4v) is 3.70. The summed E-state index contributed by atoms with van der Waals surface area (Å²) in [5, 5.41) is 2.80. The maximum Gasteiger partial charge on any atom is 0.251 e. The van der Waals surface area contributed by atoms with E-state index in [1.807, 2.05) is 13.8 Å². The van der Waals surface area contributed by atoms with Crippen LogP contribution in [-0.2, 0) is 4.79 Å². The van der Waals surface area contributed by atoms with Crippen LogP contribution in [0.5, 0.6) is 0 Å². The summed E-state index contributed by atoms with van der Waals surface area (Å²) in [5.74, 6) is -0.945. The quantitative estimate of drug-likeness (QED) is 0.821. The SMILES string of the molecule is CC(C)[C@@H](NC(=O)c1ccc(F)cc1)C(=O)N1CCC(c2ccc(F)cc2)CC1. The van der Waals surface area contributed by atoms with Gasteiger partial charge in [0.05, 0.1) is 0 Å². The predicted octanol–water partition coefficient (Wildman–Crippen LogP) is 4.13. The van der Waals surface area contributed by atoms with Gasteiger partial charge in [-0.15, -0.1) is 0 Å². The number of nitrogens with one attached hydrogen (secondary N) is 1. The zero-order valence-corrected chi connectivity index (χ0v) is 16.7. The lowest BCUT2D eigenvalue weighted by molar-refractivity contribution is -0.135. The number of nitrogens with zero attached hydrogens (tertiary/aromatic N) is 1. The number of piperidine rings is 1. The highest BCUT2D eigenvalue weighted by atomic mass is 19.1. The fourth-order valence-electron chi connectivity index (χ4n) is 3.70. The summed E-state index contributed by atoms with van der Waals surface area (Å²) in [7, 11) is 0. The molecule has 0 aromatic heterocycles. The van der Waals surface area contributed by atoms with Crippen molar-refractivity contribution in [3.8, 4) is 0 Å². The molecule has 1 N–H and O–H groups in total. The smallest absolute Gasteiger partial charge is 0.251 e. The number of halogens is 2. The summed E-state index contributed by atoms with van der Waals surface area (Å²) >= 11 is 0. The van der Waals surface area contributed by atoms with Crippen molar-refractivity contribution in [2.75, 3.05) is 13.1 Å². The second-order valence-electron chi connectivity index (χ2n) is 7.85. The van der Waals surface area contributed by atoms with E-state index in [1.165, 1.54) is 36.4 Å². The van der Waals surface area contributed by atoms with Gasteiger partial charge in [-0.1, -0.05) is 26.0 Å². The number of benzene rings is 2. The van der Waals surface area contributed by atoms with Crippen LogP contribution in [0.25, 0.3) is 0 Å². The minimum atomic E-state index is -0.644. The van der Waals surface area contributed by atoms with Gasteiger partial charge in [-0.3, -0.25) is 9.59 Å². The first-order valence-corrected chi connectivity index (χ1v) is 9.96. The molecule has 0 aliphatic carbocycles. The molecular weight excluding hydrogens is 374 g/mol. The summed E-state index contributed by atoms with van der Waals surface area (Å²) < 4.78 is 26.2. The van der Waals surface area contributed by atoms with Gasteiger partial charge in [0.2, 0.25) is 5.91 Å². The average Bonchev–Trinajstić information content (AvgIpc) is 2.72. The van der Waals surface area contributed by atoms with Crippen molar-refractivity contribution in [1.82, 2.24) is 10.2 Å². The number of carbonyl (C=O) groups excluding carboxylic acids is 2. The van der Waals surface area contributed by atoms with Crippen LogP contribution in [0.2, 0.25) is 0 Å². The van der Waals surface area contributed by atoms with Crippen molar-refractivity contribution in [3.05, 3.63) is 71.3 Å².